The Morgan fingerprint density at radius 2 is 1.95 bits per heavy atom. The molecule has 0 spiro atoms. The molecule has 0 radical (unpaired) electrons. The second-order valence-corrected chi connectivity index (χ2v) is 8.60. The average Bonchev–Trinajstić information content (AvgIpc) is 3.11. The van der Waals surface area contributed by atoms with Crippen LogP contribution in [0.3, 0.4) is 0 Å². The van der Waals surface area contributed by atoms with E-state index in [1.165, 1.54) is 9.75 Å². The Kier molecular flexibility index (Phi) is 3.87. The molecule has 4 heteroatoms. The van der Waals surface area contributed by atoms with Crippen LogP contribution in [0.15, 0.2) is 12.1 Å². The van der Waals surface area contributed by atoms with E-state index < -0.39 is 0 Å². The predicted molar refractivity (Wildman–Crippen MR) is 87.5 cm³/mol. The van der Waals surface area contributed by atoms with Gasteiger partial charge in [0.2, 0.25) is 5.91 Å². The predicted octanol–water partition coefficient (Wildman–Crippen LogP) is 3.59. The molecule has 2 aliphatic rings. The van der Waals surface area contributed by atoms with Gasteiger partial charge in [-0.3, -0.25) is 4.79 Å². The van der Waals surface area contributed by atoms with E-state index in [-0.39, 0.29) is 17.5 Å². The Balaban J connectivity index is 1.95. The van der Waals surface area contributed by atoms with E-state index in [4.69, 9.17) is 5.73 Å². The third kappa shape index (κ3) is 3.02. The molecule has 1 saturated heterocycles. The van der Waals surface area contributed by atoms with Gasteiger partial charge in [-0.2, -0.15) is 0 Å². The van der Waals surface area contributed by atoms with Crippen LogP contribution in [0.5, 0.6) is 0 Å². The summed E-state index contributed by atoms with van der Waals surface area (Å²) in [4.78, 5) is 17.3. The summed E-state index contributed by atoms with van der Waals surface area (Å²) in [6.45, 7) is 6.71. The summed E-state index contributed by atoms with van der Waals surface area (Å²) in [5.74, 6) is 0.307. The Bertz CT molecular complexity index is 527. The van der Waals surface area contributed by atoms with Gasteiger partial charge >= 0.3 is 0 Å². The van der Waals surface area contributed by atoms with Gasteiger partial charge in [-0.25, -0.2) is 0 Å². The van der Waals surface area contributed by atoms with Gasteiger partial charge in [0.15, 0.2) is 0 Å². The Labute approximate surface area is 131 Å². The maximum absolute atomic E-state index is 12.5. The molecule has 21 heavy (non-hydrogen) atoms. The van der Waals surface area contributed by atoms with E-state index in [0.29, 0.717) is 18.4 Å². The molecule has 116 valence electrons. The molecule has 0 aromatic carbocycles. The largest absolute Gasteiger partial charge is 0.330 e. The van der Waals surface area contributed by atoms with Crippen molar-refractivity contribution in [3.05, 3.63) is 21.9 Å². The van der Waals surface area contributed by atoms with Crippen molar-refractivity contribution < 1.29 is 4.79 Å². The topological polar surface area (TPSA) is 46.3 Å². The summed E-state index contributed by atoms with van der Waals surface area (Å²) < 4.78 is 0. The zero-order valence-electron chi connectivity index (χ0n) is 13.3. The maximum atomic E-state index is 12.5. The zero-order chi connectivity index (χ0) is 15.2. The van der Waals surface area contributed by atoms with Crippen LogP contribution in [-0.2, 0) is 10.2 Å². The fraction of sp³-hybridized carbons (Fsp3) is 0.706. The number of rotatable bonds is 2. The first-order valence-electron chi connectivity index (χ1n) is 8.05. The minimum atomic E-state index is 0.0727. The minimum absolute atomic E-state index is 0.0727. The second kappa shape index (κ2) is 5.40. The van der Waals surface area contributed by atoms with Crippen molar-refractivity contribution in [3.63, 3.8) is 0 Å². The molecule has 2 N–H and O–H groups in total. The van der Waals surface area contributed by atoms with Gasteiger partial charge in [0, 0.05) is 28.3 Å². The second-order valence-electron chi connectivity index (χ2n) is 7.49. The van der Waals surface area contributed by atoms with Gasteiger partial charge in [0.05, 0.1) is 6.04 Å². The molecule has 3 rings (SSSR count). The molecule has 1 aromatic rings. The smallest absolute Gasteiger partial charge is 0.223 e. The zero-order valence-corrected chi connectivity index (χ0v) is 14.1. The van der Waals surface area contributed by atoms with Crippen molar-refractivity contribution in [2.24, 2.45) is 5.73 Å². The third-order valence-corrected chi connectivity index (χ3v) is 6.10. The van der Waals surface area contributed by atoms with Gasteiger partial charge in [0.1, 0.15) is 0 Å². The van der Waals surface area contributed by atoms with E-state index in [9.17, 15) is 4.79 Å². The highest BCUT2D eigenvalue weighted by atomic mass is 32.1. The first kappa shape index (κ1) is 15.0. The summed E-state index contributed by atoms with van der Waals surface area (Å²) in [5.41, 5.74) is 6.62. The molecule has 1 saturated carbocycles. The molecule has 2 atom stereocenters. The van der Waals surface area contributed by atoms with Crippen molar-refractivity contribution in [2.75, 3.05) is 0 Å². The minimum Gasteiger partial charge on any atom is -0.330 e. The molecule has 1 amide bonds. The average molecular weight is 306 g/mol. The molecule has 2 heterocycles. The van der Waals surface area contributed by atoms with Gasteiger partial charge in [-0.15, -0.1) is 11.3 Å². The lowest BCUT2D eigenvalue weighted by Gasteiger charge is -2.33. The normalized spacial score (nSPS) is 27.8. The van der Waals surface area contributed by atoms with Gasteiger partial charge in [-0.05, 0) is 43.2 Å². The molecule has 1 aliphatic carbocycles. The third-order valence-electron chi connectivity index (χ3n) is 4.52. The van der Waals surface area contributed by atoms with Gasteiger partial charge < -0.3 is 10.6 Å². The number of nitrogens with zero attached hydrogens (tertiary/aromatic N) is 1. The lowest BCUT2D eigenvalue weighted by Crippen LogP contribution is -2.43. The highest BCUT2D eigenvalue weighted by molar-refractivity contribution is 7.12. The molecule has 2 unspecified atom stereocenters. The number of amides is 1. The molecule has 1 aromatic heterocycles. The molecular weight excluding hydrogens is 280 g/mol. The van der Waals surface area contributed by atoms with Crippen LogP contribution in [0.25, 0.3) is 0 Å². The Hall–Kier alpha value is -0.870. The fourth-order valence-corrected chi connectivity index (χ4v) is 4.43. The highest BCUT2D eigenvalue weighted by Gasteiger charge is 2.42. The standard InChI is InChI=1S/C17H26N2OS/c1-17(2,3)14-10-9-13(21-14)16-12(18)5-4-6-15(20)19(16)11-7-8-11/h9-12,16H,4-8,18H2,1-3H3. The van der Waals surface area contributed by atoms with Crippen molar-refractivity contribution in [2.45, 2.75) is 76.4 Å². The number of likely N-dealkylation sites (tertiary alicyclic amines) is 1. The summed E-state index contributed by atoms with van der Waals surface area (Å²) in [7, 11) is 0. The molecule has 3 nitrogen and oxygen atoms in total. The number of thiophene rings is 1. The monoisotopic (exact) mass is 306 g/mol. The summed E-state index contributed by atoms with van der Waals surface area (Å²) >= 11 is 1.84. The van der Waals surface area contributed by atoms with E-state index in [1.54, 1.807) is 0 Å². The Morgan fingerprint density at radius 3 is 2.52 bits per heavy atom. The summed E-state index contributed by atoms with van der Waals surface area (Å²) in [5, 5.41) is 0. The summed E-state index contributed by atoms with van der Waals surface area (Å²) in [6.07, 6.45) is 4.83. The SMILES string of the molecule is CC(C)(C)c1ccc(C2C(N)CCCC(=O)N2C2CC2)s1. The molecule has 0 bridgehead atoms. The van der Waals surface area contributed by atoms with Crippen LogP contribution in [0.2, 0.25) is 0 Å². The van der Waals surface area contributed by atoms with Crippen molar-refractivity contribution in [1.82, 2.24) is 4.90 Å². The van der Waals surface area contributed by atoms with E-state index >= 15 is 0 Å². The van der Waals surface area contributed by atoms with Crippen molar-refractivity contribution in [1.29, 1.82) is 0 Å². The van der Waals surface area contributed by atoms with Gasteiger partial charge in [0.25, 0.3) is 0 Å². The number of carbonyl (C=O) groups is 1. The molecule has 1 aliphatic heterocycles. The van der Waals surface area contributed by atoms with Crippen LogP contribution in [-0.4, -0.2) is 22.9 Å². The molecule has 2 fully saturated rings. The first-order valence-corrected chi connectivity index (χ1v) is 8.86. The van der Waals surface area contributed by atoms with Crippen molar-refractivity contribution >= 4 is 17.2 Å². The van der Waals surface area contributed by atoms with Crippen LogP contribution in [0, 0.1) is 0 Å². The van der Waals surface area contributed by atoms with E-state index in [0.717, 1.165) is 25.7 Å². The Morgan fingerprint density at radius 1 is 1.24 bits per heavy atom. The summed E-state index contributed by atoms with van der Waals surface area (Å²) in [6, 6.07) is 5.01. The first-order chi connectivity index (χ1) is 9.88. The number of hydrogen-bond donors (Lipinski definition) is 1. The lowest BCUT2D eigenvalue weighted by atomic mass is 9.95. The highest BCUT2D eigenvalue weighted by Crippen LogP contribution is 2.42. The maximum Gasteiger partial charge on any atom is 0.223 e. The lowest BCUT2D eigenvalue weighted by molar-refractivity contribution is -0.133. The van der Waals surface area contributed by atoms with E-state index in [1.807, 2.05) is 11.3 Å². The van der Waals surface area contributed by atoms with Crippen LogP contribution < -0.4 is 5.73 Å². The van der Waals surface area contributed by atoms with E-state index in [2.05, 4.69) is 37.8 Å². The fourth-order valence-electron chi connectivity index (χ4n) is 3.18. The number of hydrogen-bond acceptors (Lipinski definition) is 3. The van der Waals surface area contributed by atoms with Crippen LogP contribution >= 0.6 is 11.3 Å². The van der Waals surface area contributed by atoms with Crippen LogP contribution in [0.4, 0.5) is 0 Å². The van der Waals surface area contributed by atoms with Crippen LogP contribution in [0.1, 0.15) is 68.7 Å². The quantitative estimate of drug-likeness (QED) is 0.907. The number of carbonyl (C=O) groups excluding carboxylic acids is 1. The van der Waals surface area contributed by atoms with Crippen molar-refractivity contribution in [3.8, 4) is 0 Å². The number of nitrogens with two attached hydrogens (primary N) is 1. The van der Waals surface area contributed by atoms with Gasteiger partial charge in [-0.1, -0.05) is 20.8 Å². The molecular formula is C17H26N2OS.